The van der Waals surface area contributed by atoms with Crippen LogP contribution in [0, 0.1) is 6.92 Å². The number of pyridine rings is 1. The molecule has 24 heavy (non-hydrogen) atoms. The highest BCUT2D eigenvalue weighted by molar-refractivity contribution is 7.80. The second kappa shape index (κ2) is 7.32. The monoisotopic (exact) mass is 345 g/mol. The fourth-order valence-electron chi connectivity index (χ4n) is 3.09. The minimum absolute atomic E-state index is 0.0654. The van der Waals surface area contributed by atoms with Crippen LogP contribution in [0.4, 0.5) is 0 Å². The molecule has 0 aliphatic carbocycles. The molecule has 2 N–H and O–H groups in total. The molecule has 3 rings (SSSR count). The topological polar surface area (TPSA) is 57.4 Å². The molecule has 5 nitrogen and oxygen atoms in total. The molecular weight excluding hydrogens is 322 g/mol. The Bertz CT molecular complexity index is 796. The SMILES string of the molecule is CNC(=S)N(Cc1cc2ccc(C)cc2[nH]c1=O)C[C@H]1CCCO1. The van der Waals surface area contributed by atoms with E-state index in [0.717, 1.165) is 35.9 Å². The maximum Gasteiger partial charge on any atom is 0.253 e. The van der Waals surface area contributed by atoms with Crippen molar-refractivity contribution in [1.82, 2.24) is 15.2 Å². The predicted molar refractivity (Wildman–Crippen MR) is 100 cm³/mol. The van der Waals surface area contributed by atoms with Crippen molar-refractivity contribution in [2.75, 3.05) is 20.2 Å². The van der Waals surface area contributed by atoms with Gasteiger partial charge in [-0.2, -0.15) is 0 Å². The molecule has 128 valence electrons. The Labute approximate surface area is 147 Å². The summed E-state index contributed by atoms with van der Waals surface area (Å²) in [4.78, 5) is 17.4. The molecule has 0 bridgehead atoms. The number of nitrogens with one attached hydrogen (secondary N) is 2. The Balaban J connectivity index is 1.86. The first kappa shape index (κ1) is 16.9. The lowest BCUT2D eigenvalue weighted by atomic mass is 10.1. The second-order valence-electron chi connectivity index (χ2n) is 6.29. The van der Waals surface area contributed by atoms with E-state index in [1.165, 1.54) is 0 Å². The van der Waals surface area contributed by atoms with E-state index in [9.17, 15) is 4.79 Å². The minimum atomic E-state index is -0.0654. The average Bonchev–Trinajstić information content (AvgIpc) is 3.07. The van der Waals surface area contributed by atoms with Crippen LogP contribution in [0.15, 0.2) is 29.1 Å². The molecule has 1 aliphatic rings. The van der Waals surface area contributed by atoms with Crippen LogP contribution in [0.2, 0.25) is 0 Å². The molecule has 0 radical (unpaired) electrons. The molecule has 2 aromatic rings. The van der Waals surface area contributed by atoms with Crippen molar-refractivity contribution in [1.29, 1.82) is 0 Å². The van der Waals surface area contributed by atoms with E-state index in [0.29, 0.717) is 23.8 Å². The maximum atomic E-state index is 12.5. The summed E-state index contributed by atoms with van der Waals surface area (Å²) in [5.41, 5.74) is 2.64. The average molecular weight is 345 g/mol. The van der Waals surface area contributed by atoms with E-state index < -0.39 is 0 Å². The number of hydrogen-bond donors (Lipinski definition) is 2. The quantitative estimate of drug-likeness (QED) is 0.833. The van der Waals surface area contributed by atoms with Gasteiger partial charge in [0.1, 0.15) is 0 Å². The maximum absolute atomic E-state index is 12.5. The molecule has 0 spiro atoms. The van der Waals surface area contributed by atoms with E-state index in [1.54, 1.807) is 7.05 Å². The van der Waals surface area contributed by atoms with Gasteiger partial charge in [-0.15, -0.1) is 0 Å². The van der Waals surface area contributed by atoms with Gasteiger partial charge in [-0.05, 0) is 55.1 Å². The summed E-state index contributed by atoms with van der Waals surface area (Å²) in [6.07, 6.45) is 2.30. The second-order valence-corrected chi connectivity index (χ2v) is 6.67. The smallest absolute Gasteiger partial charge is 0.253 e. The number of hydrogen-bond acceptors (Lipinski definition) is 3. The first-order valence-electron chi connectivity index (χ1n) is 8.27. The van der Waals surface area contributed by atoms with E-state index in [4.69, 9.17) is 17.0 Å². The minimum Gasteiger partial charge on any atom is -0.376 e. The van der Waals surface area contributed by atoms with Crippen molar-refractivity contribution in [3.63, 3.8) is 0 Å². The van der Waals surface area contributed by atoms with E-state index >= 15 is 0 Å². The van der Waals surface area contributed by atoms with Crippen molar-refractivity contribution in [2.24, 2.45) is 0 Å². The summed E-state index contributed by atoms with van der Waals surface area (Å²) in [6.45, 7) is 3.99. The molecule has 1 fully saturated rings. The fraction of sp³-hybridized carbons (Fsp3) is 0.444. The number of aryl methyl sites for hydroxylation is 1. The van der Waals surface area contributed by atoms with Gasteiger partial charge in [-0.3, -0.25) is 4.79 Å². The fourth-order valence-corrected chi connectivity index (χ4v) is 3.23. The Morgan fingerprint density at radius 1 is 1.46 bits per heavy atom. The summed E-state index contributed by atoms with van der Waals surface area (Å²) in [7, 11) is 1.80. The number of aromatic amines is 1. The molecule has 0 amide bonds. The van der Waals surface area contributed by atoms with Gasteiger partial charge >= 0.3 is 0 Å². The van der Waals surface area contributed by atoms with Crippen molar-refractivity contribution in [2.45, 2.75) is 32.4 Å². The summed E-state index contributed by atoms with van der Waals surface area (Å²) >= 11 is 5.41. The first-order chi connectivity index (χ1) is 11.6. The van der Waals surface area contributed by atoms with Crippen LogP contribution in [0.3, 0.4) is 0 Å². The van der Waals surface area contributed by atoms with Gasteiger partial charge in [-0.25, -0.2) is 0 Å². The number of ether oxygens (including phenoxy) is 1. The lowest BCUT2D eigenvalue weighted by Gasteiger charge is -2.27. The van der Waals surface area contributed by atoms with Crippen molar-refractivity contribution in [3.05, 3.63) is 45.7 Å². The van der Waals surface area contributed by atoms with Gasteiger partial charge in [-0.1, -0.05) is 12.1 Å². The zero-order valence-corrected chi connectivity index (χ0v) is 14.9. The summed E-state index contributed by atoms with van der Waals surface area (Å²) in [6, 6.07) is 8.02. The highest BCUT2D eigenvalue weighted by Crippen LogP contribution is 2.17. The number of rotatable bonds is 4. The van der Waals surface area contributed by atoms with Crippen molar-refractivity contribution >= 4 is 28.2 Å². The van der Waals surface area contributed by atoms with Crippen LogP contribution in [0.5, 0.6) is 0 Å². The number of nitrogens with zero attached hydrogens (tertiary/aromatic N) is 1. The lowest BCUT2D eigenvalue weighted by Crippen LogP contribution is -2.42. The van der Waals surface area contributed by atoms with Crippen molar-refractivity contribution in [3.8, 4) is 0 Å². The number of fused-ring (bicyclic) bond motifs is 1. The van der Waals surface area contributed by atoms with E-state index in [2.05, 4.69) is 10.3 Å². The number of thiocarbonyl (C=S) groups is 1. The van der Waals surface area contributed by atoms with Gasteiger partial charge < -0.3 is 19.9 Å². The molecule has 6 heteroatoms. The molecular formula is C18H23N3O2S. The summed E-state index contributed by atoms with van der Waals surface area (Å²) in [5.74, 6) is 0. The van der Waals surface area contributed by atoms with E-state index in [-0.39, 0.29) is 11.7 Å². The molecule has 1 aromatic carbocycles. The summed E-state index contributed by atoms with van der Waals surface area (Å²) < 4.78 is 5.71. The van der Waals surface area contributed by atoms with E-state index in [1.807, 2.05) is 36.1 Å². The third-order valence-electron chi connectivity index (χ3n) is 4.39. The number of aromatic nitrogens is 1. The van der Waals surface area contributed by atoms with Crippen molar-refractivity contribution < 1.29 is 4.74 Å². The van der Waals surface area contributed by atoms with Gasteiger partial charge in [0, 0.05) is 31.3 Å². The Kier molecular flexibility index (Phi) is 5.16. The molecule has 1 aliphatic heterocycles. The number of benzene rings is 1. The molecule has 1 saturated heterocycles. The van der Waals surface area contributed by atoms with Crippen LogP contribution in [0.25, 0.3) is 10.9 Å². The first-order valence-corrected chi connectivity index (χ1v) is 8.68. The Morgan fingerprint density at radius 3 is 3.00 bits per heavy atom. The normalized spacial score (nSPS) is 17.2. The van der Waals surface area contributed by atoms with Crippen LogP contribution < -0.4 is 10.9 Å². The number of H-pyrrole nitrogens is 1. The predicted octanol–water partition coefficient (Wildman–Crippen LogP) is 2.32. The zero-order chi connectivity index (χ0) is 17.1. The lowest BCUT2D eigenvalue weighted by molar-refractivity contribution is 0.0898. The molecule has 1 aromatic heterocycles. The Hall–Kier alpha value is -1.92. The highest BCUT2D eigenvalue weighted by atomic mass is 32.1. The molecule has 0 saturated carbocycles. The van der Waals surface area contributed by atoms with Crippen LogP contribution >= 0.6 is 12.2 Å². The highest BCUT2D eigenvalue weighted by Gasteiger charge is 2.21. The molecule has 2 heterocycles. The third kappa shape index (κ3) is 3.76. The van der Waals surface area contributed by atoms with Crippen LogP contribution in [-0.2, 0) is 11.3 Å². The van der Waals surface area contributed by atoms with Gasteiger partial charge in [0.25, 0.3) is 5.56 Å². The molecule has 1 atom stereocenters. The zero-order valence-electron chi connectivity index (χ0n) is 14.1. The summed E-state index contributed by atoms with van der Waals surface area (Å²) in [5, 5.41) is 4.68. The third-order valence-corrected chi connectivity index (χ3v) is 4.85. The van der Waals surface area contributed by atoms with Crippen LogP contribution in [0.1, 0.15) is 24.0 Å². The van der Waals surface area contributed by atoms with Crippen LogP contribution in [-0.4, -0.2) is 41.3 Å². The van der Waals surface area contributed by atoms with Gasteiger partial charge in [0.05, 0.1) is 12.6 Å². The standard InChI is InChI=1S/C18H23N3O2S/c1-12-5-6-13-9-14(17(22)20-16(13)8-12)10-21(18(24)19-2)11-15-4-3-7-23-15/h5-6,8-9,15H,3-4,7,10-11H2,1-2H3,(H,19,24)(H,20,22)/t15-/m1/s1. The van der Waals surface area contributed by atoms with Gasteiger partial charge in [0.15, 0.2) is 5.11 Å². The Morgan fingerprint density at radius 2 is 2.29 bits per heavy atom. The molecule has 0 unspecified atom stereocenters. The van der Waals surface area contributed by atoms with Gasteiger partial charge in [0.2, 0.25) is 0 Å². The largest absolute Gasteiger partial charge is 0.376 e.